The van der Waals surface area contributed by atoms with Gasteiger partial charge in [0.1, 0.15) is 11.3 Å². The molecule has 0 unspecified atom stereocenters. The monoisotopic (exact) mass is 267 g/mol. The Morgan fingerprint density at radius 3 is 2.65 bits per heavy atom. The number of nitrogens with two attached hydrogens (primary N) is 2. The first-order valence-corrected chi connectivity index (χ1v) is 6.06. The van der Waals surface area contributed by atoms with Gasteiger partial charge in [-0.2, -0.15) is 9.97 Å². The summed E-state index contributed by atoms with van der Waals surface area (Å²) in [5.41, 5.74) is 12.9. The molecule has 0 aliphatic heterocycles. The van der Waals surface area contributed by atoms with E-state index in [1.54, 1.807) is 0 Å². The van der Waals surface area contributed by atoms with Gasteiger partial charge in [0.2, 0.25) is 11.8 Å². The van der Waals surface area contributed by atoms with Gasteiger partial charge >= 0.3 is 0 Å². The van der Waals surface area contributed by atoms with E-state index in [9.17, 15) is 0 Å². The van der Waals surface area contributed by atoms with E-state index in [4.69, 9.17) is 16.2 Å². The first kappa shape index (κ1) is 12.2. The van der Waals surface area contributed by atoms with Gasteiger partial charge < -0.3 is 16.2 Å². The Balaban J connectivity index is 2.08. The number of fused-ring (bicyclic) bond motifs is 1. The highest BCUT2D eigenvalue weighted by Crippen LogP contribution is 2.28. The van der Waals surface area contributed by atoms with E-state index < -0.39 is 0 Å². The van der Waals surface area contributed by atoms with Crippen molar-refractivity contribution in [3.8, 4) is 11.6 Å². The zero-order chi connectivity index (χ0) is 14.1. The van der Waals surface area contributed by atoms with Crippen LogP contribution in [0.2, 0.25) is 0 Å². The first-order valence-electron chi connectivity index (χ1n) is 6.06. The topological polar surface area (TPSA) is 99.9 Å². The van der Waals surface area contributed by atoms with Crippen LogP contribution in [0, 0.1) is 6.92 Å². The maximum absolute atomic E-state index is 5.73. The van der Waals surface area contributed by atoms with Crippen LogP contribution in [0.5, 0.6) is 11.6 Å². The van der Waals surface area contributed by atoms with E-state index in [0.29, 0.717) is 11.6 Å². The summed E-state index contributed by atoms with van der Waals surface area (Å²) in [7, 11) is 0. The van der Waals surface area contributed by atoms with Gasteiger partial charge in [-0.15, -0.1) is 0 Å². The van der Waals surface area contributed by atoms with Gasteiger partial charge in [-0.1, -0.05) is 18.2 Å². The summed E-state index contributed by atoms with van der Waals surface area (Å²) in [6.45, 7) is 1.93. The zero-order valence-corrected chi connectivity index (χ0v) is 10.9. The number of aryl methyl sites for hydroxylation is 1. The van der Waals surface area contributed by atoms with E-state index >= 15 is 0 Å². The number of nitrogen functional groups attached to an aromatic ring is 2. The summed E-state index contributed by atoms with van der Waals surface area (Å²) in [6, 6.07) is 11.1. The molecular weight excluding hydrogens is 254 g/mol. The molecule has 4 N–H and O–H groups in total. The summed E-state index contributed by atoms with van der Waals surface area (Å²) in [5.74, 6) is 1.23. The van der Waals surface area contributed by atoms with Gasteiger partial charge in [-0.05, 0) is 19.1 Å². The molecule has 0 radical (unpaired) electrons. The standard InChI is InChI=1S/C14H13N5O/c1-8-5-6-9-3-2-4-10(13(9)17-8)20-12-7-11(15)18-14(16)19-12/h2-7H,1H3,(H4,15,16,18,19). The highest BCUT2D eigenvalue weighted by Gasteiger charge is 2.07. The first-order chi connectivity index (χ1) is 9.61. The molecule has 0 saturated carbocycles. The molecular formula is C14H13N5O. The van der Waals surface area contributed by atoms with Gasteiger partial charge in [0.25, 0.3) is 0 Å². The van der Waals surface area contributed by atoms with Crippen LogP contribution in [0.4, 0.5) is 11.8 Å². The number of hydrogen-bond donors (Lipinski definition) is 2. The van der Waals surface area contributed by atoms with Crippen LogP contribution in [0.15, 0.2) is 36.4 Å². The minimum Gasteiger partial charge on any atom is -0.436 e. The molecule has 20 heavy (non-hydrogen) atoms. The third kappa shape index (κ3) is 2.31. The van der Waals surface area contributed by atoms with Crippen LogP contribution < -0.4 is 16.2 Å². The Hall–Kier alpha value is -2.89. The van der Waals surface area contributed by atoms with E-state index in [-0.39, 0.29) is 11.8 Å². The van der Waals surface area contributed by atoms with Gasteiger partial charge in [0, 0.05) is 17.1 Å². The minimum atomic E-state index is 0.0735. The summed E-state index contributed by atoms with van der Waals surface area (Å²) >= 11 is 0. The highest BCUT2D eigenvalue weighted by molar-refractivity contribution is 5.84. The molecule has 2 heterocycles. The molecule has 0 aliphatic carbocycles. The molecule has 0 fully saturated rings. The number of para-hydroxylation sites is 1. The van der Waals surface area contributed by atoms with Crippen molar-refractivity contribution in [3.05, 3.63) is 42.1 Å². The lowest BCUT2D eigenvalue weighted by molar-refractivity contribution is 0.467. The molecule has 0 aliphatic rings. The molecule has 6 heteroatoms. The Morgan fingerprint density at radius 1 is 1.00 bits per heavy atom. The number of rotatable bonds is 2. The second kappa shape index (κ2) is 4.65. The fourth-order valence-corrected chi connectivity index (χ4v) is 1.93. The number of pyridine rings is 1. The van der Waals surface area contributed by atoms with Crippen molar-refractivity contribution in [2.75, 3.05) is 11.5 Å². The number of nitrogens with zero attached hydrogens (tertiary/aromatic N) is 3. The maximum Gasteiger partial charge on any atom is 0.226 e. The molecule has 6 nitrogen and oxygen atoms in total. The van der Waals surface area contributed by atoms with Crippen molar-refractivity contribution in [3.63, 3.8) is 0 Å². The van der Waals surface area contributed by atoms with Crippen LogP contribution in [-0.4, -0.2) is 15.0 Å². The normalized spacial score (nSPS) is 10.7. The van der Waals surface area contributed by atoms with Gasteiger partial charge in [0.05, 0.1) is 0 Å². The SMILES string of the molecule is Cc1ccc2cccc(Oc3cc(N)nc(N)n3)c2n1. The van der Waals surface area contributed by atoms with E-state index in [1.165, 1.54) is 6.07 Å². The second-order valence-electron chi connectivity index (χ2n) is 4.37. The molecule has 2 aromatic heterocycles. The number of hydrogen-bond acceptors (Lipinski definition) is 6. The van der Waals surface area contributed by atoms with Crippen molar-refractivity contribution in [1.29, 1.82) is 0 Å². The summed E-state index contributed by atoms with van der Waals surface area (Å²) in [5, 5.41) is 0.989. The minimum absolute atomic E-state index is 0.0735. The predicted octanol–water partition coefficient (Wildman–Crippen LogP) is 2.29. The van der Waals surface area contributed by atoms with Gasteiger partial charge in [-0.25, -0.2) is 4.98 Å². The van der Waals surface area contributed by atoms with Crippen LogP contribution >= 0.6 is 0 Å². The van der Waals surface area contributed by atoms with Crippen LogP contribution in [0.25, 0.3) is 10.9 Å². The molecule has 0 spiro atoms. The number of aromatic nitrogens is 3. The lowest BCUT2D eigenvalue weighted by Crippen LogP contribution is -2.01. The largest absolute Gasteiger partial charge is 0.436 e. The molecule has 3 aromatic rings. The molecule has 0 atom stereocenters. The molecule has 0 bridgehead atoms. The average Bonchev–Trinajstić information content (AvgIpc) is 2.38. The van der Waals surface area contributed by atoms with E-state index in [1.807, 2.05) is 37.3 Å². The fourth-order valence-electron chi connectivity index (χ4n) is 1.93. The third-order valence-corrected chi connectivity index (χ3v) is 2.78. The molecule has 0 amide bonds. The predicted molar refractivity (Wildman–Crippen MR) is 77.4 cm³/mol. The van der Waals surface area contributed by atoms with E-state index in [2.05, 4.69) is 15.0 Å². The van der Waals surface area contributed by atoms with Crippen molar-refractivity contribution < 1.29 is 4.74 Å². The Kier molecular flexibility index (Phi) is 2.83. The average molecular weight is 267 g/mol. The number of anilines is 2. The quantitative estimate of drug-likeness (QED) is 0.738. The molecule has 100 valence electrons. The maximum atomic E-state index is 5.73. The summed E-state index contributed by atoms with van der Waals surface area (Å²) in [4.78, 5) is 12.3. The van der Waals surface area contributed by atoms with Crippen molar-refractivity contribution in [1.82, 2.24) is 15.0 Å². The molecule has 0 saturated heterocycles. The molecule has 1 aromatic carbocycles. The lowest BCUT2D eigenvalue weighted by Gasteiger charge is -2.08. The Bertz CT molecular complexity index is 767. The van der Waals surface area contributed by atoms with Crippen molar-refractivity contribution in [2.24, 2.45) is 0 Å². The second-order valence-corrected chi connectivity index (χ2v) is 4.37. The van der Waals surface area contributed by atoms with Crippen molar-refractivity contribution >= 4 is 22.7 Å². The Morgan fingerprint density at radius 2 is 1.85 bits per heavy atom. The number of benzene rings is 1. The highest BCUT2D eigenvalue weighted by atomic mass is 16.5. The fraction of sp³-hybridized carbons (Fsp3) is 0.0714. The smallest absolute Gasteiger partial charge is 0.226 e. The van der Waals surface area contributed by atoms with Crippen LogP contribution in [0.1, 0.15) is 5.69 Å². The third-order valence-electron chi connectivity index (χ3n) is 2.78. The van der Waals surface area contributed by atoms with E-state index in [0.717, 1.165) is 16.6 Å². The van der Waals surface area contributed by atoms with Crippen LogP contribution in [-0.2, 0) is 0 Å². The van der Waals surface area contributed by atoms with Gasteiger partial charge in [-0.3, -0.25) is 0 Å². The molecule has 3 rings (SSSR count). The summed E-state index contributed by atoms with van der Waals surface area (Å²) < 4.78 is 5.73. The van der Waals surface area contributed by atoms with Gasteiger partial charge in [0.15, 0.2) is 5.75 Å². The number of ether oxygens (including phenoxy) is 1. The lowest BCUT2D eigenvalue weighted by atomic mass is 10.2. The van der Waals surface area contributed by atoms with Crippen molar-refractivity contribution in [2.45, 2.75) is 6.92 Å². The van der Waals surface area contributed by atoms with Crippen LogP contribution in [0.3, 0.4) is 0 Å². The zero-order valence-electron chi connectivity index (χ0n) is 10.9. The Labute approximate surface area is 115 Å². The summed E-state index contributed by atoms with van der Waals surface area (Å²) in [6.07, 6.45) is 0.